The molecule has 3 aliphatic rings. The zero-order valence-corrected chi connectivity index (χ0v) is 17.3. The summed E-state index contributed by atoms with van der Waals surface area (Å²) in [5, 5.41) is 0. The molecule has 5 unspecified atom stereocenters. The van der Waals surface area contributed by atoms with Gasteiger partial charge in [-0.1, -0.05) is 65.5 Å². The first kappa shape index (κ1) is 18.5. The summed E-state index contributed by atoms with van der Waals surface area (Å²) in [6.07, 6.45) is 15.9. The van der Waals surface area contributed by atoms with Crippen molar-refractivity contribution in [2.45, 2.75) is 99.3 Å². The largest absolute Gasteiger partial charge is 0.0848 e. The first-order chi connectivity index (χ1) is 11.3. The Labute approximate surface area is 151 Å². The minimum Gasteiger partial charge on any atom is -0.0848 e. The maximum absolute atomic E-state index is 2.69. The second-order valence-corrected chi connectivity index (χ2v) is 10.7. The van der Waals surface area contributed by atoms with Gasteiger partial charge in [-0.05, 0) is 85.9 Å². The van der Waals surface area contributed by atoms with E-state index >= 15 is 0 Å². The van der Waals surface area contributed by atoms with Gasteiger partial charge >= 0.3 is 0 Å². The van der Waals surface area contributed by atoms with E-state index in [1.807, 2.05) is 0 Å². The normalized spacial score (nSPS) is 41.0. The zero-order valence-electron chi connectivity index (χ0n) is 17.3. The molecule has 0 aromatic carbocycles. The van der Waals surface area contributed by atoms with E-state index in [1.54, 1.807) is 5.57 Å². The zero-order chi connectivity index (χ0) is 17.5. The Kier molecular flexibility index (Phi) is 5.25. The molecule has 0 amide bonds. The number of unbranched alkanes of at least 4 members (excludes halogenated alkanes) is 1. The average Bonchev–Trinajstić information content (AvgIpc) is 2.84. The molecule has 0 bridgehead atoms. The van der Waals surface area contributed by atoms with Crippen molar-refractivity contribution in [2.24, 2.45) is 40.4 Å². The van der Waals surface area contributed by atoms with Crippen LogP contribution in [-0.2, 0) is 0 Å². The third kappa shape index (κ3) is 3.12. The van der Waals surface area contributed by atoms with E-state index in [0.717, 1.165) is 29.6 Å². The Bertz CT molecular complexity index is 468. The Morgan fingerprint density at radius 2 is 1.79 bits per heavy atom. The van der Waals surface area contributed by atoms with Crippen LogP contribution in [0.15, 0.2) is 11.6 Å². The van der Waals surface area contributed by atoms with Crippen molar-refractivity contribution in [1.29, 1.82) is 0 Å². The first-order valence-corrected chi connectivity index (χ1v) is 10.9. The third-order valence-electron chi connectivity index (χ3n) is 8.86. The van der Waals surface area contributed by atoms with Crippen molar-refractivity contribution in [2.75, 3.05) is 0 Å². The van der Waals surface area contributed by atoms with Gasteiger partial charge in [0, 0.05) is 0 Å². The summed E-state index contributed by atoms with van der Waals surface area (Å²) in [4.78, 5) is 0. The monoisotopic (exact) mass is 330 g/mol. The van der Waals surface area contributed by atoms with Gasteiger partial charge in [0.2, 0.25) is 0 Å². The molecule has 0 saturated heterocycles. The fourth-order valence-electron chi connectivity index (χ4n) is 6.91. The van der Waals surface area contributed by atoms with Crippen molar-refractivity contribution in [3.05, 3.63) is 11.6 Å². The van der Waals surface area contributed by atoms with Gasteiger partial charge in [0.25, 0.3) is 0 Å². The summed E-state index contributed by atoms with van der Waals surface area (Å²) in [5.41, 5.74) is 2.77. The Balaban J connectivity index is 1.67. The first-order valence-electron chi connectivity index (χ1n) is 10.9. The molecule has 0 aromatic rings. The number of hydrogen-bond acceptors (Lipinski definition) is 0. The lowest BCUT2D eigenvalue weighted by atomic mass is 9.50. The molecule has 0 heterocycles. The molecule has 138 valence electrons. The van der Waals surface area contributed by atoms with Gasteiger partial charge in [-0.15, -0.1) is 0 Å². The van der Waals surface area contributed by atoms with Gasteiger partial charge < -0.3 is 0 Å². The molecular formula is C24H42. The second-order valence-electron chi connectivity index (χ2n) is 10.7. The molecule has 3 rings (SSSR count). The highest BCUT2D eigenvalue weighted by molar-refractivity contribution is 5.19. The van der Waals surface area contributed by atoms with Gasteiger partial charge in [0.15, 0.2) is 0 Å². The van der Waals surface area contributed by atoms with Gasteiger partial charge in [0.05, 0.1) is 0 Å². The topological polar surface area (TPSA) is 0 Å². The average molecular weight is 331 g/mol. The Morgan fingerprint density at radius 1 is 1.04 bits per heavy atom. The van der Waals surface area contributed by atoms with Crippen molar-refractivity contribution < 1.29 is 0 Å². The van der Waals surface area contributed by atoms with Crippen LogP contribution in [-0.4, -0.2) is 0 Å². The molecule has 2 fully saturated rings. The van der Waals surface area contributed by atoms with E-state index in [1.165, 1.54) is 57.8 Å². The minimum atomic E-state index is 0.444. The molecule has 0 heteroatoms. The van der Waals surface area contributed by atoms with Crippen LogP contribution >= 0.6 is 0 Å². The van der Waals surface area contributed by atoms with E-state index < -0.39 is 0 Å². The predicted molar refractivity (Wildman–Crippen MR) is 106 cm³/mol. The van der Waals surface area contributed by atoms with Crippen LogP contribution in [0.25, 0.3) is 0 Å². The van der Waals surface area contributed by atoms with Gasteiger partial charge in [-0.25, -0.2) is 0 Å². The highest BCUT2D eigenvalue weighted by atomic mass is 14.6. The van der Waals surface area contributed by atoms with Gasteiger partial charge in [-0.3, -0.25) is 0 Å². The van der Waals surface area contributed by atoms with Crippen LogP contribution in [0.2, 0.25) is 0 Å². The van der Waals surface area contributed by atoms with Crippen LogP contribution in [0.4, 0.5) is 0 Å². The van der Waals surface area contributed by atoms with E-state index in [-0.39, 0.29) is 0 Å². The minimum absolute atomic E-state index is 0.444. The molecule has 0 N–H and O–H groups in total. The molecule has 0 nitrogen and oxygen atoms in total. The van der Waals surface area contributed by atoms with Crippen molar-refractivity contribution >= 4 is 0 Å². The lowest BCUT2D eigenvalue weighted by Crippen LogP contribution is -2.47. The smallest absolute Gasteiger partial charge is 0.0116 e. The number of hydrogen-bond donors (Lipinski definition) is 0. The lowest BCUT2D eigenvalue weighted by molar-refractivity contribution is -0.0302. The summed E-state index contributed by atoms with van der Waals surface area (Å²) in [6, 6.07) is 0. The van der Waals surface area contributed by atoms with E-state index in [0.29, 0.717) is 10.8 Å². The Hall–Kier alpha value is -0.260. The molecule has 0 aromatic heterocycles. The maximum atomic E-state index is 2.69. The van der Waals surface area contributed by atoms with Gasteiger partial charge in [0.1, 0.15) is 0 Å². The van der Waals surface area contributed by atoms with Crippen molar-refractivity contribution in [3.8, 4) is 0 Å². The van der Waals surface area contributed by atoms with E-state index in [9.17, 15) is 0 Å². The van der Waals surface area contributed by atoms with Crippen molar-refractivity contribution in [1.82, 2.24) is 0 Å². The summed E-state index contributed by atoms with van der Waals surface area (Å²) in [7, 11) is 0. The number of allylic oxidation sites excluding steroid dienone is 2. The number of fused-ring (bicyclic) bond motifs is 3. The molecule has 3 aliphatic carbocycles. The van der Waals surface area contributed by atoms with Gasteiger partial charge in [-0.2, -0.15) is 0 Å². The fourth-order valence-corrected chi connectivity index (χ4v) is 6.91. The molecule has 5 atom stereocenters. The lowest BCUT2D eigenvalue weighted by Gasteiger charge is -2.55. The van der Waals surface area contributed by atoms with E-state index in [4.69, 9.17) is 0 Å². The molecule has 0 aliphatic heterocycles. The summed E-state index contributed by atoms with van der Waals surface area (Å²) in [6.45, 7) is 14.9. The SMILES string of the molecule is CC1=CCC2C(CCC3(C)C(CCCCC(C)C)CCC23)C1(C)C. The molecule has 2 saturated carbocycles. The highest BCUT2D eigenvalue weighted by Crippen LogP contribution is 2.64. The second kappa shape index (κ2) is 6.81. The van der Waals surface area contributed by atoms with Crippen molar-refractivity contribution in [3.63, 3.8) is 0 Å². The highest BCUT2D eigenvalue weighted by Gasteiger charge is 2.56. The molecule has 24 heavy (non-hydrogen) atoms. The van der Waals surface area contributed by atoms with Crippen LogP contribution in [0.3, 0.4) is 0 Å². The summed E-state index contributed by atoms with van der Waals surface area (Å²) < 4.78 is 0. The summed E-state index contributed by atoms with van der Waals surface area (Å²) in [5.74, 6) is 4.83. The fraction of sp³-hybridized carbons (Fsp3) is 0.917. The quantitative estimate of drug-likeness (QED) is 0.359. The molecule has 0 spiro atoms. The predicted octanol–water partition coefficient (Wildman–Crippen LogP) is 7.64. The van der Waals surface area contributed by atoms with E-state index in [2.05, 4.69) is 47.6 Å². The number of rotatable bonds is 5. The van der Waals surface area contributed by atoms with Crippen LogP contribution in [0.1, 0.15) is 99.3 Å². The van der Waals surface area contributed by atoms with Crippen LogP contribution < -0.4 is 0 Å². The van der Waals surface area contributed by atoms with Crippen LogP contribution in [0, 0.1) is 40.4 Å². The Morgan fingerprint density at radius 3 is 2.50 bits per heavy atom. The van der Waals surface area contributed by atoms with Crippen LogP contribution in [0.5, 0.6) is 0 Å². The molecule has 0 radical (unpaired) electrons. The maximum Gasteiger partial charge on any atom is -0.0116 e. The molecular weight excluding hydrogens is 288 g/mol. The third-order valence-corrected chi connectivity index (χ3v) is 8.86. The standard InChI is InChI=1S/C24H42/c1-17(2)9-7-8-10-19-12-14-22-20-13-11-18(3)23(4,5)21(20)15-16-24(19,22)6/h11,17,19-22H,7-10,12-16H2,1-6H3. The summed E-state index contributed by atoms with van der Waals surface area (Å²) >= 11 is 0.